The predicted octanol–water partition coefficient (Wildman–Crippen LogP) is 1.19. The van der Waals surface area contributed by atoms with Gasteiger partial charge in [-0.05, 0) is 25.0 Å². The summed E-state index contributed by atoms with van der Waals surface area (Å²) in [6, 6.07) is 4.51. The van der Waals surface area contributed by atoms with Crippen molar-refractivity contribution in [2.45, 2.75) is 13.3 Å². The molecule has 0 radical (unpaired) electrons. The molecule has 90 valence electrons. The third-order valence-corrected chi connectivity index (χ3v) is 2.84. The van der Waals surface area contributed by atoms with Crippen LogP contribution in [0.15, 0.2) is 18.2 Å². The van der Waals surface area contributed by atoms with Crippen molar-refractivity contribution >= 4 is 10.0 Å². The fourth-order valence-corrected chi connectivity index (χ4v) is 1.63. The highest BCUT2D eigenvalue weighted by atomic mass is 32.2. The summed E-state index contributed by atoms with van der Waals surface area (Å²) in [7, 11) is -3.45. The second-order valence-electron chi connectivity index (χ2n) is 3.48. The third-order valence-electron chi connectivity index (χ3n) is 1.99. The molecule has 0 aliphatic rings. The van der Waals surface area contributed by atoms with Gasteiger partial charge >= 0.3 is 0 Å². The monoisotopic (exact) mass is 247 g/mol. The number of sulfonamides is 1. The molecular formula is C10H14FNO3S. The molecule has 0 aliphatic heterocycles. The Morgan fingerprint density at radius 1 is 1.44 bits per heavy atom. The van der Waals surface area contributed by atoms with Crippen molar-refractivity contribution < 1.29 is 17.5 Å². The van der Waals surface area contributed by atoms with Gasteiger partial charge in [0.1, 0.15) is 11.6 Å². The van der Waals surface area contributed by atoms with Gasteiger partial charge in [-0.15, -0.1) is 0 Å². The van der Waals surface area contributed by atoms with Gasteiger partial charge in [-0.2, -0.15) is 0 Å². The number of primary sulfonamides is 1. The first-order valence-electron chi connectivity index (χ1n) is 4.78. The summed E-state index contributed by atoms with van der Waals surface area (Å²) in [5.74, 6) is -0.0945. The van der Waals surface area contributed by atoms with Crippen LogP contribution in [-0.4, -0.2) is 20.8 Å². The molecule has 6 heteroatoms. The molecule has 0 saturated carbocycles. The van der Waals surface area contributed by atoms with Gasteiger partial charge < -0.3 is 4.74 Å². The fraction of sp³-hybridized carbons (Fsp3) is 0.400. The van der Waals surface area contributed by atoms with E-state index in [1.54, 1.807) is 19.1 Å². The molecule has 4 nitrogen and oxygen atoms in total. The Balaban J connectivity index is 2.41. The van der Waals surface area contributed by atoms with E-state index in [0.717, 1.165) is 0 Å². The Morgan fingerprint density at radius 3 is 2.69 bits per heavy atom. The van der Waals surface area contributed by atoms with Crippen LogP contribution in [0.2, 0.25) is 0 Å². The van der Waals surface area contributed by atoms with Crippen LogP contribution in [0.5, 0.6) is 5.75 Å². The highest BCUT2D eigenvalue weighted by molar-refractivity contribution is 7.89. The van der Waals surface area contributed by atoms with E-state index >= 15 is 0 Å². The normalized spacial score (nSPS) is 11.4. The summed E-state index contributed by atoms with van der Waals surface area (Å²) in [5, 5.41) is 4.82. The zero-order valence-electron chi connectivity index (χ0n) is 8.94. The van der Waals surface area contributed by atoms with Crippen LogP contribution in [0.25, 0.3) is 0 Å². The first-order chi connectivity index (χ1) is 7.38. The van der Waals surface area contributed by atoms with E-state index in [1.807, 2.05) is 0 Å². The standard InChI is InChI=1S/C10H14FNO3S/c1-8-3-4-9(7-10(8)11)15-5-2-6-16(12,13)14/h3-4,7H,2,5-6H2,1H3,(H2,12,13,14). The van der Waals surface area contributed by atoms with E-state index in [9.17, 15) is 12.8 Å². The van der Waals surface area contributed by atoms with Crippen LogP contribution in [0.1, 0.15) is 12.0 Å². The van der Waals surface area contributed by atoms with Crippen molar-refractivity contribution in [3.8, 4) is 5.75 Å². The summed E-state index contributed by atoms with van der Waals surface area (Å²) >= 11 is 0. The molecule has 0 unspecified atom stereocenters. The van der Waals surface area contributed by atoms with Gasteiger partial charge in [0, 0.05) is 6.07 Å². The number of rotatable bonds is 5. The van der Waals surface area contributed by atoms with Crippen LogP contribution in [-0.2, 0) is 10.0 Å². The van der Waals surface area contributed by atoms with Gasteiger partial charge in [-0.3, -0.25) is 0 Å². The zero-order valence-corrected chi connectivity index (χ0v) is 9.76. The van der Waals surface area contributed by atoms with E-state index in [0.29, 0.717) is 11.3 Å². The molecule has 0 aliphatic carbocycles. The van der Waals surface area contributed by atoms with Crippen LogP contribution in [0.4, 0.5) is 4.39 Å². The fourth-order valence-electron chi connectivity index (χ4n) is 1.11. The van der Waals surface area contributed by atoms with Gasteiger partial charge in [0.2, 0.25) is 10.0 Å². The molecule has 1 rings (SSSR count). The second kappa shape index (κ2) is 5.27. The number of hydrogen-bond donors (Lipinski definition) is 1. The molecule has 16 heavy (non-hydrogen) atoms. The lowest BCUT2D eigenvalue weighted by molar-refractivity contribution is 0.316. The maximum Gasteiger partial charge on any atom is 0.209 e. The molecule has 0 amide bonds. The molecule has 0 spiro atoms. The van der Waals surface area contributed by atoms with Crippen LogP contribution >= 0.6 is 0 Å². The zero-order chi connectivity index (χ0) is 12.2. The van der Waals surface area contributed by atoms with Crippen LogP contribution in [0, 0.1) is 12.7 Å². The number of benzene rings is 1. The lowest BCUT2D eigenvalue weighted by Crippen LogP contribution is -2.18. The van der Waals surface area contributed by atoms with Crippen molar-refractivity contribution in [3.63, 3.8) is 0 Å². The molecule has 2 N–H and O–H groups in total. The average Bonchev–Trinajstić information content (AvgIpc) is 2.17. The van der Waals surface area contributed by atoms with Gasteiger partial charge in [-0.25, -0.2) is 17.9 Å². The van der Waals surface area contributed by atoms with Crippen molar-refractivity contribution in [3.05, 3.63) is 29.6 Å². The number of ether oxygens (including phenoxy) is 1. The van der Waals surface area contributed by atoms with Gasteiger partial charge in [0.15, 0.2) is 0 Å². The minimum absolute atomic E-state index is 0.138. The summed E-state index contributed by atoms with van der Waals surface area (Å²) in [4.78, 5) is 0. The Hall–Kier alpha value is -1.14. The third kappa shape index (κ3) is 4.59. The summed E-state index contributed by atoms with van der Waals surface area (Å²) in [6.07, 6.45) is 0.286. The molecule has 0 bridgehead atoms. The number of nitrogens with two attached hydrogens (primary N) is 1. The molecule has 0 heterocycles. The molecular weight excluding hydrogens is 233 g/mol. The van der Waals surface area contributed by atoms with Crippen molar-refractivity contribution in [2.75, 3.05) is 12.4 Å². The Bertz CT molecular complexity index is 459. The van der Waals surface area contributed by atoms with E-state index in [-0.39, 0.29) is 24.6 Å². The highest BCUT2D eigenvalue weighted by Gasteiger charge is 2.03. The van der Waals surface area contributed by atoms with E-state index < -0.39 is 10.0 Å². The van der Waals surface area contributed by atoms with Crippen LogP contribution in [0.3, 0.4) is 0 Å². The first kappa shape index (κ1) is 12.9. The lowest BCUT2D eigenvalue weighted by atomic mass is 10.2. The van der Waals surface area contributed by atoms with Gasteiger partial charge in [-0.1, -0.05) is 6.07 Å². The van der Waals surface area contributed by atoms with Crippen molar-refractivity contribution in [1.29, 1.82) is 0 Å². The van der Waals surface area contributed by atoms with E-state index in [4.69, 9.17) is 9.88 Å². The number of hydrogen-bond acceptors (Lipinski definition) is 3. The summed E-state index contributed by atoms with van der Waals surface area (Å²) in [5.41, 5.74) is 0.539. The highest BCUT2D eigenvalue weighted by Crippen LogP contribution is 2.15. The maximum absolute atomic E-state index is 13.1. The molecule has 0 atom stereocenters. The van der Waals surface area contributed by atoms with Crippen molar-refractivity contribution in [2.24, 2.45) is 5.14 Å². The van der Waals surface area contributed by atoms with E-state index in [2.05, 4.69) is 0 Å². The molecule has 1 aromatic rings. The number of aryl methyl sites for hydroxylation is 1. The summed E-state index contributed by atoms with van der Waals surface area (Å²) < 4.78 is 39.5. The molecule has 0 fully saturated rings. The maximum atomic E-state index is 13.1. The largest absolute Gasteiger partial charge is 0.493 e. The average molecular weight is 247 g/mol. The Kier molecular flexibility index (Phi) is 4.26. The second-order valence-corrected chi connectivity index (χ2v) is 5.21. The molecule has 1 aromatic carbocycles. The van der Waals surface area contributed by atoms with Crippen LogP contribution < -0.4 is 9.88 Å². The van der Waals surface area contributed by atoms with Gasteiger partial charge in [0.05, 0.1) is 12.4 Å². The minimum Gasteiger partial charge on any atom is -0.493 e. The Morgan fingerprint density at radius 2 is 2.12 bits per heavy atom. The first-order valence-corrected chi connectivity index (χ1v) is 6.49. The Labute approximate surface area is 94.3 Å². The van der Waals surface area contributed by atoms with Crippen molar-refractivity contribution in [1.82, 2.24) is 0 Å². The smallest absolute Gasteiger partial charge is 0.209 e. The summed E-state index contributed by atoms with van der Waals surface area (Å²) in [6.45, 7) is 1.85. The number of halogens is 1. The van der Waals surface area contributed by atoms with Gasteiger partial charge in [0.25, 0.3) is 0 Å². The van der Waals surface area contributed by atoms with E-state index in [1.165, 1.54) is 6.07 Å². The molecule has 0 saturated heterocycles. The minimum atomic E-state index is -3.45. The molecule has 0 aromatic heterocycles. The lowest BCUT2D eigenvalue weighted by Gasteiger charge is -2.06. The predicted molar refractivity (Wildman–Crippen MR) is 59.2 cm³/mol. The SMILES string of the molecule is Cc1ccc(OCCCS(N)(=O)=O)cc1F. The quantitative estimate of drug-likeness (QED) is 0.795. The topological polar surface area (TPSA) is 69.4 Å².